The zero-order valence-corrected chi connectivity index (χ0v) is 18.8. The average molecular weight is 418 g/mol. The average Bonchev–Trinajstić information content (AvgIpc) is 2.62. The molecule has 0 radical (unpaired) electrons. The van der Waals surface area contributed by atoms with Crippen LogP contribution >= 0.6 is 0 Å². The number of fused-ring (bicyclic) bond motifs is 1. The van der Waals surface area contributed by atoms with Gasteiger partial charge in [0.05, 0.1) is 5.39 Å². The number of alkyl carbamates (subject to hydrolysis) is 1. The minimum Gasteiger partial charge on any atom is -0.444 e. The summed E-state index contributed by atoms with van der Waals surface area (Å²) in [5, 5.41) is 3.22. The number of hydrogen-bond acceptors (Lipinski definition) is 6. The van der Waals surface area contributed by atoms with Gasteiger partial charge in [-0.25, -0.2) is 14.4 Å². The second-order valence-electron chi connectivity index (χ2n) is 8.51. The molecule has 0 aliphatic carbocycles. The summed E-state index contributed by atoms with van der Waals surface area (Å²) in [6.45, 7) is 12.8. The lowest BCUT2D eigenvalue weighted by molar-refractivity contribution is -0.138. The van der Waals surface area contributed by atoms with Crippen molar-refractivity contribution in [2.75, 3.05) is 0 Å². The van der Waals surface area contributed by atoms with E-state index in [2.05, 4.69) is 5.32 Å². The Labute approximate surface area is 176 Å². The zero-order valence-electron chi connectivity index (χ0n) is 18.8. The van der Waals surface area contributed by atoms with E-state index in [0.29, 0.717) is 29.6 Å². The number of esters is 1. The molecular weight excluding hydrogens is 386 g/mol. The molecule has 7 heteroatoms. The Morgan fingerprint density at radius 2 is 1.83 bits per heavy atom. The third-order valence-corrected chi connectivity index (χ3v) is 4.76. The van der Waals surface area contributed by atoms with Crippen LogP contribution in [0.15, 0.2) is 27.4 Å². The number of amides is 1. The van der Waals surface area contributed by atoms with Crippen LogP contribution in [0.5, 0.6) is 5.75 Å². The molecule has 1 aromatic heterocycles. The van der Waals surface area contributed by atoms with Gasteiger partial charge in [-0.3, -0.25) is 0 Å². The van der Waals surface area contributed by atoms with E-state index < -0.39 is 29.3 Å². The van der Waals surface area contributed by atoms with Crippen molar-refractivity contribution in [3.63, 3.8) is 0 Å². The fourth-order valence-electron chi connectivity index (χ4n) is 3.11. The van der Waals surface area contributed by atoms with Crippen LogP contribution in [0.1, 0.15) is 59.1 Å². The first kappa shape index (κ1) is 23.4. The van der Waals surface area contributed by atoms with Crippen molar-refractivity contribution >= 4 is 23.0 Å². The molecule has 0 bridgehead atoms. The topological polar surface area (TPSA) is 94.8 Å². The van der Waals surface area contributed by atoms with Gasteiger partial charge in [0.25, 0.3) is 0 Å². The Kier molecular flexibility index (Phi) is 7.29. The summed E-state index contributed by atoms with van der Waals surface area (Å²) >= 11 is 0. The summed E-state index contributed by atoms with van der Waals surface area (Å²) in [7, 11) is 0. The molecule has 0 unspecified atom stereocenters. The molecule has 0 fully saturated rings. The number of carbonyl (C=O) groups is 2. The van der Waals surface area contributed by atoms with Crippen LogP contribution in [0.2, 0.25) is 0 Å². The van der Waals surface area contributed by atoms with Gasteiger partial charge in [-0.05, 0) is 63.3 Å². The van der Waals surface area contributed by atoms with Gasteiger partial charge < -0.3 is 19.2 Å². The summed E-state index contributed by atoms with van der Waals surface area (Å²) in [5.74, 6) is -0.477. The quantitative estimate of drug-likeness (QED) is 0.422. The molecule has 0 aliphatic heterocycles. The Hall–Kier alpha value is -2.83. The van der Waals surface area contributed by atoms with Crippen molar-refractivity contribution in [3.05, 3.63) is 39.7 Å². The maximum atomic E-state index is 13.1. The Morgan fingerprint density at radius 3 is 2.40 bits per heavy atom. The molecule has 1 N–H and O–H groups in total. The first-order valence-electron chi connectivity index (χ1n) is 10.2. The SMILES string of the molecule is CCc1cc(=O)oc2cc(C)cc(OC(=O)[C@@H](NC(=O)OC(C)(C)C)[C@H](C)CC)c12. The van der Waals surface area contributed by atoms with Gasteiger partial charge >= 0.3 is 17.7 Å². The van der Waals surface area contributed by atoms with Gasteiger partial charge in [-0.2, -0.15) is 0 Å². The van der Waals surface area contributed by atoms with Crippen molar-refractivity contribution < 1.29 is 23.5 Å². The molecular formula is C23H31NO6. The van der Waals surface area contributed by atoms with Crippen LogP contribution < -0.4 is 15.7 Å². The highest BCUT2D eigenvalue weighted by molar-refractivity contribution is 5.91. The molecule has 0 saturated heterocycles. The number of aryl methyl sites for hydroxylation is 2. The lowest BCUT2D eigenvalue weighted by Crippen LogP contribution is -2.48. The molecule has 7 nitrogen and oxygen atoms in total. The second kappa shape index (κ2) is 9.32. The van der Waals surface area contributed by atoms with Gasteiger partial charge in [0.1, 0.15) is 23.0 Å². The van der Waals surface area contributed by atoms with Crippen LogP contribution in [-0.2, 0) is 16.0 Å². The second-order valence-corrected chi connectivity index (χ2v) is 8.51. The van der Waals surface area contributed by atoms with Crippen molar-refractivity contribution in [1.29, 1.82) is 0 Å². The third kappa shape index (κ3) is 5.84. The summed E-state index contributed by atoms with van der Waals surface area (Å²) in [5.41, 5.74) is 0.730. The maximum Gasteiger partial charge on any atom is 0.408 e. The molecule has 0 spiro atoms. The predicted octanol–water partition coefficient (Wildman–Crippen LogP) is 4.51. The smallest absolute Gasteiger partial charge is 0.408 e. The largest absolute Gasteiger partial charge is 0.444 e. The van der Waals surface area contributed by atoms with E-state index in [1.165, 1.54) is 6.07 Å². The minimum atomic E-state index is -0.888. The number of rotatable bonds is 6. The first-order valence-corrected chi connectivity index (χ1v) is 10.2. The highest BCUT2D eigenvalue weighted by Crippen LogP contribution is 2.31. The predicted molar refractivity (Wildman–Crippen MR) is 115 cm³/mol. The van der Waals surface area contributed by atoms with Crippen LogP contribution in [0.3, 0.4) is 0 Å². The molecule has 2 aromatic rings. The van der Waals surface area contributed by atoms with E-state index in [1.807, 2.05) is 27.7 Å². The lowest BCUT2D eigenvalue weighted by Gasteiger charge is -2.26. The standard InChI is InChI=1S/C23H31NO6/c1-8-14(4)20(24-22(27)30-23(5,6)7)21(26)29-17-11-13(3)10-16-19(17)15(9-2)12-18(25)28-16/h10-12,14,20H,8-9H2,1-7H3,(H,24,27)/t14-,20+/m1/s1. The van der Waals surface area contributed by atoms with Gasteiger partial charge in [-0.1, -0.05) is 27.2 Å². The Morgan fingerprint density at radius 1 is 1.17 bits per heavy atom. The number of benzene rings is 1. The third-order valence-electron chi connectivity index (χ3n) is 4.76. The molecule has 1 heterocycles. The van der Waals surface area contributed by atoms with E-state index in [1.54, 1.807) is 32.9 Å². The number of ether oxygens (including phenoxy) is 2. The Balaban J connectivity index is 2.40. The molecule has 2 atom stereocenters. The van der Waals surface area contributed by atoms with E-state index in [-0.39, 0.29) is 5.92 Å². The zero-order chi connectivity index (χ0) is 22.6. The highest BCUT2D eigenvalue weighted by atomic mass is 16.6. The van der Waals surface area contributed by atoms with Crippen LogP contribution in [0, 0.1) is 12.8 Å². The normalized spacial score (nSPS) is 13.6. The molecule has 1 aromatic carbocycles. The molecule has 164 valence electrons. The minimum absolute atomic E-state index is 0.176. The van der Waals surface area contributed by atoms with Crippen molar-refractivity contribution in [2.24, 2.45) is 5.92 Å². The lowest BCUT2D eigenvalue weighted by atomic mass is 9.99. The van der Waals surface area contributed by atoms with E-state index in [0.717, 1.165) is 11.1 Å². The fourth-order valence-corrected chi connectivity index (χ4v) is 3.11. The molecule has 0 aliphatic rings. The summed E-state index contributed by atoms with van der Waals surface area (Å²) in [4.78, 5) is 37.2. The summed E-state index contributed by atoms with van der Waals surface area (Å²) < 4.78 is 16.3. The molecule has 0 saturated carbocycles. The van der Waals surface area contributed by atoms with Crippen LogP contribution in [0.4, 0.5) is 4.79 Å². The number of hydrogen-bond donors (Lipinski definition) is 1. The Bertz CT molecular complexity index is 986. The fraction of sp³-hybridized carbons (Fsp3) is 0.522. The van der Waals surface area contributed by atoms with Gasteiger partial charge in [0, 0.05) is 6.07 Å². The first-order chi connectivity index (χ1) is 13.9. The van der Waals surface area contributed by atoms with Gasteiger partial charge in [-0.15, -0.1) is 0 Å². The number of nitrogens with one attached hydrogen (secondary N) is 1. The number of carbonyl (C=O) groups excluding carboxylic acids is 2. The van der Waals surface area contributed by atoms with Crippen molar-refractivity contribution in [1.82, 2.24) is 5.32 Å². The monoisotopic (exact) mass is 417 g/mol. The van der Waals surface area contributed by atoms with Crippen LogP contribution in [0.25, 0.3) is 11.0 Å². The van der Waals surface area contributed by atoms with Gasteiger partial charge in [0.2, 0.25) is 0 Å². The van der Waals surface area contributed by atoms with E-state index in [4.69, 9.17) is 13.9 Å². The van der Waals surface area contributed by atoms with E-state index in [9.17, 15) is 14.4 Å². The molecule has 2 rings (SSSR count). The van der Waals surface area contributed by atoms with Gasteiger partial charge in [0.15, 0.2) is 0 Å². The molecule has 30 heavy (non-hydrogen) atoms. The highest BCUT2D eigenvalue weighted by Gasteiger charge is 2.30. The maximum absolute atomic E-state index is 13.1. The summed E-state index contributed by atoms with van der Waals surface area (Å²) in [6, 6.07) is 3.97. The molecule has 1 amide bonds. The van der Waals surface area contributed by atoms with Crippen molar-refractivity contribution in [3.8, 4) is 5.75 Å². The van der Waals surface area contributed by atoms with Crippen molar-refractivity contribution in [2.45, 2.75) is 73.0 Å². The van der Waals surface area contributed by atoms with E-state index >= 15 is 0 Å². The summed E-state index contributed by atoms with van der Waals surface area (Å²) in [6.07, 6.45) is 0.541. The van der Waals surface area contributed by atoms with Crippen LogP contribution in [-0.4, -0.2) is 23.7 Å².